The van der Waals surface area contributed by atoms with E-state index < -0.39 is 8.32 Å². The highest BCUT2D eigenvalue weighted by Crippen LogP contribution is 2.58. The Morgan fingerprint density at radius 2 is 1.93 bits per heavy atom. The van der Waals surface area contributed by atoms with Crippen LogP contribution in [0.4, 0.5) is 0 Å². The predicted octanol–water partition coefficient (Wildman–Crippen LogP) is 6.56. The Kier molecular flexibility index (Phi) is 6.50. The quantitative estimate of drug-likeness (QED) is 0.487. The Morgan fingerprint density at radius 1 is 1.28 bits per heavy atom. The summed E-state index contributed by atoms with van der Waals surface area (Å²) in [5.41, 5.74) is 2.01. The van der Waals surface area contributed by atoms with Crippen molar-refractivity contribution >= 4 is 14.1 Å². The molecule has 2 saturated carbocycles. The molecule has 1 heterocycles. The van der Waals surface area contributed by atoms with Gasteiger partial charge in [0.2, 0.25) is 0 Å². The van der Waals surface area contributed by atoms with Gasteiger partial charge in [-0.05, 0) is 75.1 Å². The molecular formula is C24H42N2O2Si. The number of aromatic nitrogens is 2. The van der Waals surface area contributed by atoms with E-state index in [0.717, 1.165) is 49.5 Å². The van der Waals surface area contributed by atoms with Crippen LogP contribution in [0.5, 0.6) is 0 Å². The zero-order valence-electron chi connectivity index (χ0n) is 19.7. The van der Waals surface area contributed by atoms with Crippen molar-refractivity contribution in [3.05, 3.63) is 17.5 Å². The van der Waals surface area contributed by atoms with Gasteiger partial charge in [0.15, 0.2) is 8.32 Å². The summed E-state index contributed by atoms with van der Waals surface area (Å²) in [6.07, 6.45) is 5.25. The lowest BCUT2D eigenvalue weighted by molar-refractivity contribution is -0.129. The number of hydrogen-bond acceptors (Lipinski definition) is 3. The third kappa shape index (κ3) is 4.01. The zero-order valence-corrected chi connectivity index (χ0v) is 20.7. The van der Waals surface area contributed by atoms with Crippen LogP contribution in [0, 0.1) is 17.3 Å². The van der Waals surface area contributed by atoms with E-state index in [-0.39, 0.29) is 16.9 Å². The Morgan fingerprint density at radius 3 is 2.55 bits per heavy atom. The van der Waals surface area contributed by atoms with Gasteiger partial charge in [-0.25, -0.2) is 0 Å². The molecule has 5 heteroatoms. The van der Waals surface area contributed by atoms with Crippen LogP contribution in [0.1, 0.15) is 97.9 Å². The van der Waals surface area contributed by atoms with E-state index in [1.165, 1.54) is 12.1 Å². The fraction of sp³-hybridized carbons (Fsp3) is 0.833. The number of carbonyl (C=O) groups is 1. The normalized spacial score (nSPS) is 29.1. The molecule has 0 aliphatic heterocycles. The van der Waals surface area contributed by atoms with E-state index in [9.17, 15) is 4.79 Å². The highest BCUT2D eigenvalue weighted by molar-refractivity contribution is 6.73. The van der Waals surface area contributed by atoms with Gasteiger partial charge in [0, 0.05) is 24.0 Å². The number of aromatic amines is 1. The molecule has 4 nitrogen and oxygen atoms in total. The molecule has 0 radical (unpaired) electrons. The van der Waals surface area contributed by atoms with Crippen molar-refractivity contribution < 1.29 is 9.22 Å². The summed E-state index contributed by atoms with van der Waals surface area (Å²) in [5, 5.41) is 8.07. The number of rotatable bonds is 8. The van der Waals surface area contributed by atoms with Gasteiger partial charge >= 0.3 is 0 Å². The first-order valence-electron chi connectivity index (χ1n) is 11.9. The predicted molar refractivity (Wildman–Crippen MR) is 121 cm³/mol. The third-order valence-electron chi connectivity index (χ3n) is 8.65. The number of nitrogens with one attached hydrogen (secondary N) is 1. The molecule has 1 aromatic rings. The van der Waals surface area contributed by atoms with Gasteiger partial charge in [-0.2, -0.15) is 5.10 Å². The van der Waals surface area contributed by atoms with Crippen LogP contribution in [-0.4, -0.2) is 24.3 Å². The molecule has 2 fully saturated rings. The minimum Gasteiger partial charge on any atom is -0.406 e. The first-order valence-corrected chi connectivity index (χ1v) is 14.4. The van der Waals surface area contributed by atoms with E-state index in [1.54, 1.807) is 0 Å². The third-order valence-corrected chi connectivity index (χ3v) is 13.5. The van der Waals surface area contributed by atoms with Crippen LogP contribution < -0.4 is 0 Å². The van der Waals surface area contributed by atoms with Gasteiger partial charge < -0.3 is 4.43 Å². The van der Waals surface area contributed by atoms with Crippen molar-refractivity contribution in [3.63, 3.8) is 0 Å². The largest absolute Gasteiger partial charge is 0.406 e. The Labute approximate surface area is 178 Å². The molecule has 0 aromatic carbocycles. The smallest absolute Gasteiger partial charge is 0.193 e. The first-order chi connectivity index (χ1) is 13.6. The number of fused-ring (bicyclic) bond motifs is 1. The minimum atomic E-state index is -1.71. The number of H-pyrrole nitrogens is 1. The Hall–Kier alpha value is -0.943. The molecule has 0 bridgehead atoms. The lowest BCUT2D eigenvalue weighted by Gasteiger charge is -2.42. The molecular weight excluding hydrogens is 376 g/mol. The van der Waals surface area contributed by atoms with Crippen LogP contribution in [0.25, 0.3) is 0 Å². The fourth-order valence-electron chi connectivity index (χ4n) is 6.45. The number of ketones is 1. The molecule has 1 aromatic heterocycles. The first kappa shape index (κ1) is 22.7. The number of nitrogens with zero attached hydrogens (tertiary/aromatic N) is 1. The van der Waals surface area contributed by atoms with Crippen LogP contribution in [0.15, 0.2) is 6.07 Å². The molecule has 1 unspecified atom stereocenters. The van der Waals surface area contributed by atoms with Crippen molar-refractivity contribution in [1.29, 1.82) is 0 Å². The van der Waals surface area contributed by atoms with E-state index in [1.807, 2.05) is 0 Å². The summed E-state index contributed by atoms with van der Waals surface area (Å²) >= 11 is 0. The van der Waals surface area contributed by atoms with Gasteiger partial charge in [0.25, 0.3) is 0 Å². The van der Waals surface area contributed by atoms with Gasteiger partial charge in [-0.15, -0.1) is 0 Å². The van der Waals surface area contributed by atoms with Gasteiger partial charge in [0.05, 0.1) is 11.3 Å². The summed E-state index contributed by atoms with van der Waals surface area (Å²) in [6.45, 7) is 15.9. The number of carbonyl (C=O) groups excluding carboxylic acids is 1. The number of Topliss-reactive ketones (excluding diaryl/α,β-unsaturated/α-hetero) is 1. The van der Waals surface area contributed by atoms with Crippen molar-refractivity contribution in [3.8, 4) is 0 Å². The van der Waals surface area contributed by atoms with E-state index in [2.05, 4.69) is 59.6 Å². The summed E-state index contributed by atoms with van der Waals surface area (Å²) in [7, 11) is -1.71. The van der Waals surface area contributed by atoms with Crippen LogP contribution in [0.3, 0.4) is 0 Å². The Balaban J connectivity index is 1.80. The monoisotopic (exact) mass is 418 g/mol. The second-order valence-electron chi connectivity index (χ2n) is 10.4. The maximum absolute atomic E-state index is 12.5. The second kappa shape index (κ2) is 8.30. The maximum Gasteiger partial charge on any atom is 0.193 e. The molecule has 164 valence electrons. The molecule has 1 N–H and O–H groups in total. The highest BCUT2D eigenvalue weighted by atomic mass is 28.4. The van der Waals surface area contributed by atoms with Gasteiger partial charge in [0.1, 0.15) is 5.78 Å². The molecule has 0 spiro atoms. The van der Waals surface area contributed by atoms with E-state index >= 15 is 0 Å². The Bertz CT molecular complexity index is 716. The standard InChI is InChI=1S/C24H42N2O2Si/c1-8-29(9-2,10-3)28-23(5,6)22-16-20(25-26-22)17(4)18-13-14-19-21(27)12-11-15-24(18,19)7/h16-19H,8-15H2,1-7H3,(H,25,26)/t17-,18?,19-,24+/m0/s1. The SMILES string of the molecule is CC[Si](CC)(CC)OC(C)(C)c1cc([C@@H](C)C2CC[C@H]3C(=O)CCC[C@]23C)[nH]n1. The topological polar surface area (TPSA) is 55.0 Å². The number of hydrogen-bond donors (Lipinski definition) is 1. The van der Waals surface area contributed by atoms with Gasteiger partial charge in [-0.3, -0.25) is 9.89 Å². The van der Waals surface area contributed by atoms with E-state index in [0.29, 0.717) is 17.6 Å². The summed E-state index contributed by atoms with van der Waals surface area (Å²) < 4.78 is 6.81. The zero-order chi connectivity index (χ0) is 21.4. The van der Waals surface area contributed by atoms with Crippen LogP contribution in [-0.2, 0) is 14.8 Å². The molecule has 2 aliphatic rings. The molecule has 29 heavy (non-hydrogen) atoms. The summed E-state index contributed by atoms with van der Waals surface area (Å²) in [4.78, 5) is 12.5. The summed E-state index contributed by atoms with van der Waals surface area (Å²) in [5.74, 6) is 1.72. The molecule has 4 atom stereocenters. The lowest BCUT2D eigenvalue weighted by Crippen LogP contribution is -2.43. The van der Waals surface area contributed by atoms with Gasteiger partial charge in [-0.1, -0.05) is 34.6 Å². The second-order valence-corrected chi connectivity index (χ2v) is 15.1. The molecule has 0 amide bonds. The lowest BCUT2D eigenvalue weighted by atomic mass is 9.62. The van der Waals surface area contributed by atoms with Crippen molar-refractivity contribution in [2.45, 2.75) is 110 Å². The maximum atomic E-state index is 12.5. The van der Waals surface area contributed by atoms with Crippen LogP contribution in [0.2, 0.25) is 18.1 Å². The molecule has 0 saturated heterocycles. The van der Waals surface area contributed by atoms with E-state index in [4.69, 9.17) is 9.52 Å². The molecule has 3 rings (SSSR count). The fourth-order valence-corrected chi connectivity index (χ4v) is 9.57. The van der Waals surface area contributed by atoms with Crippen molar-refractivity contribution in [2.75, 3.05) is 0 Å². The average Bonchev–Trinajstić information content (AvgIpc) is 3.32. The van der Waals surface area contributed by atoms with Crippen molar-refractivity contribution in [2.24, 2.45) is 17.3 Å². The molecule has 2 aliphatic carbocycles. The van der Waals surface area contributed by atoms with Crippen molar-refractivity contribution in [1.82, 2.24) is 10.2 Å². The summed E-state index contributed by atoms with van der Waals surface area (Å²) in [6, 6.07) is 5.68. The average molecular weight is 419 g/mol. The highest BCUT2D eigenvalue weighted by Gasteiger charge is 2.53. The van der Waals surface area contributed by atoms with Crippen LogP contribution >= 0.6 is 0 Å². The minimum absolute atomic E-state index is 0.154.